The molecule has 90 valence electrons. The SMILES string of the molecule is CC(C)(C)c1noc(-c2ccc(F)cc2N)n1. The zero-order valence-electron chi connectivity index (χ0n) is 9.99. The number of benzene rings is 1. The maximum absolute atomic E-state index is 12.9. The summed E-state index contributed by atoms with van der Waals surface area (Å²) in [5, 5.41) is 3.89. The summed E-state index contributed by atoms with van der Waals surface area (Å²) < 4.78 is 18.0. The molecule has 5 heteroatoms. The second-order valence-corrected chi connectivity index (χ2v) is 4.90. The van der Waals surface area contributed by atoms with Crippen molar-refractivity contribution in [2.45, 2.75) is 26.2 Å². The molecule has 0 radical (unpaired) electrons. The minimum Gasteiger partial charge on any atom is -0.398 e. The van der Waals surface area contributed by atoms with E-state index in [2.05, 4.69) is 10.1 Å². The van der Waals surface area contributed by atoms with Crippen molar-refractivity contribution in [2.75, 3.05) is 5.73 Å². The van der Waals surface area contributed by atoms with E-state index in [1.807, 2.05) is 20.8 Å². The van der Waals surface area contributed by atoms with Gasteiger partial charge < -0.3 is 10.3 Å². The van der Waals surface area contributed by atoms with E-state index in [1.165, 1.54) is 18.2 Å². The summed E-state index contributed by atoms with van der Waals surface area (Å²) >= 11 is 0. The van der Waals surface area contributed by atoms with E-state index in [9.17, 15) is 4.39 Å². The van der Waals surface area contributed by atoms with Gasteiger partial charge in [0.05, 0.1) is 5.56 Å². The first kappa shape index (κ1) is 11.6. The highest BCUT2D eigenvalue weighted by atomic mass is 19.1. The van der Waals surface area contributed by atoms with Crippen molar-refractivity contribution in [2.24, 2.45) is 0 Å². The van der Waals surface area contributed by atoms with E-state index in [1.54, 1.807) is 0 Å². The molecule has 1 aromatic heterocycles. The van der Waals surface area contributed by atoms with Gasteiger partial charge in [-0.2, -0.15) is 4.98 Å². The number of nitrogen functional groups attached to an aromatic ring is 1. The van der Waals surface area contributed by atoms with E-state index in [0.29, 0.717) is 17.3 Å². The third-order valence-electron chi connectivity index (χ3n) is 2.34. The number of hydrogen-bond acceptors (Lipinski definition) is 4. The Morgan fingerprint density at radius 3 is 2.53 bits per heavy atom. The average Bonchev–Trinajstić information content (AvgIpc) is 2.65. The lowest BCUT2D eigenvalue weighted by molar-refractivity contribution is 0.402. The first-order valence-electron chi connectivity index (χ1n) is 5.27. The molecule has 2 N–H and O–H groups in total. The summed E-state index contributed by atoms with van der Waals surface area (Å²) in [6.07, 6.45) is 0. The molecule has 0 saturated heterocycles. The van der Waals surface area contributed by atoms with Crippen molar-refractivity contribution in [3.8, 4) is 11.5 Å². The molecule has 1 heterocycles. The van der Waals surface area contributed by atoms with E-state index < -0.39 is 0 Å². The van der Waals surface area contributed by atoms with Crippen LogP contribution < -0.4 is 5.73 Å². The van der Waals surface area contributed by atoms with Crippen molar-refractivity contribution in [3.63, 3.8) is 0 Å². The molecule has 0 saturated carbocycles. The van der Waals surface area contributed by atoms with Crippen LogP contribution in [0.4, 0.5) is 10.1 Å². The van der Waals surface area contributed by atoms with Crippen molar-refractivity contribution in [1.29, 1.82) is 0 Å². The number of rotatable bonds is 1. The second-order valence-electron chi connectivity index (χ2n) is 4.90. The monoisotopic (exact) mass is 235 g/mol. The van der Waals surface area contributed by atoms with Crippen molar-refractivity contribution >= 4 is 5.69 Å². The van der Waals surface area contributed by atoms with Gasteiger partial charge in [-0.3, -0.25) is 0 Å². The molecule has 2 rings (SSSR count). The Bertz CT molecular complexity index is 543. The van der Waals surface area contributed by atoms with Gasteiger partial charge in [0.1, 0.15) is 5.82 Å². The topological polar surface area (TPSA) is 64.9 Å². The van der Waals surface area contributed by atoms with Gasteiger partial charge >= 0.3 is 0 Å². The maximum Gasteiger partial charge on any atom is 0.260 e. The molecule has 1 aromatic carbocycles. The molecule has 0 aliphatic carbocycles. The summed E-state index contributed by atoms with van der Waals surface area (Å²) in [5.74, 6) is 0.519. The lowest BCUT2D eigenvalue weighted by atomic mass is 9.96. The lowest BCUT2D eigenvalue weighted by Crippen LogP contribution is -2.13. The van der Waals surface area contributed by atoms with Crippen LogP contribution in [0.1, 0.15) is 26.6 Å². The fourth-order valence-electron chi connectivity index (χ4n) is 1.37. The number of anilines is 1. The Morgan fingerprint density at radius 2 is 2.00 bits per heavy atom. The highest BCUT2D eigenvalue weighted by Crippen LogP contribution is 2.27. The Balaban J connectivity index is 2.44. The van der Waals surface area contributed by atoms with Gasteiger partial charge in [0, 0.05) is 11.1 Å². The summed E-state index contributed by atoms with van der Waals surface area (Å²) in [6.45, 7) is 5.95. The van der Waals surface area contributed by atoms with Gasteiger partial charge in [-0.05, 0) is 18.2 Å². The smallest absolute Gasteiger partial charge is 0.260 e. The fraction of sp³-hybridized carbons (Fsp3) is 0.333. The molecule has 0 spiro atoms. The Labute approximate surface area is 98.6 Å². The first-order valence-corrected chi connectivity index (χ1v) is 5.27. The zero-order chi connectivity index (χ0) is 12.6. The molecule has 0 amide bonds. The maximum atomic E-state index is 12.9. The van der Waals surface area contributed by atoms with E-state index in [4.69, 9.17) is 10.3 Å². The minimum absolute atomic E-state index is 0.198. The largest absolute Gasteiger partial charge is 0.398 e. The van der Waals surface area contributed by atoms with Crippen LogP contribution in [-0.4, -0.2) is 10.1 Å². The van der Waals surface area contributed by atoms with Crippen molar-refractivity contribution < 1.29 is 8.91 Å². The molecule has 0 unspecified atom stereocenters. The number of nitrogens with zero attached hydrogens (tertiary/aromatic N) is 2. The number of aromatic nitrogens is 2. The molecule has 17 heavy (non-hydrogen) atoms. The minimum atomic E-state index is -0.387. The van der Waals surface area contributed by atoms with E-state index >= 15 is 0 Å². The summed E-state index contributed by atoms with van der Waals surface area (Å²) in [5.41, 5.74) is 6.34. The third kappa shape index (κ3) is 2.27. The predicted octanol–water partition coefficient (Wildman–Crippen LogP) is 2.76. The average molecular weight is 235 g/mol. The first-order chi connectivity index (χ1) is 7.88. The molecule has 0 aliphatic heterocycles. The van der Waals surface area contributed by atoms with Gasteiger partial charge in [0.15, 0.2) is 5.82 Å². The van der Waals surface area contributed by atoms with E-state index in [-0.39, 0.29) is 16.9 Å². The van der Waals surface area contributed by atoms with Crippen LogP contribution in [0.15, 0.2) is 22.7 Å². The highest BCUT2D eigenvalue weighted by Gasteiger charge is 2.22. The van der Waals surface area contributed by atoms with Crippen molar-refractivity contribution in [3.05, 3.63) is 29.8 Å². The fourth-order valence-corrected chi connectivity index (χ4v) is 1.37. The van der Waals surface area contributed by atoms with Gasteiger partial charge in [-0.15, -0.1) is 0 Å². The lowest BCUT2D eigenvalue weighted by Gasteiger charge is -2.10. The molecule has 0 atom stereocenters. The van der Waals surface area contributed by atoms with Crippen LogP contribution in [-0.2, 0) is 5.41 Å². The van der Waals surface area contributed by atoms with Gasteiger partial charge in [0.25, 0.3) is 5.89 Å². The summed E-state index contributed by atoms with van der Waals surface area (Å²) in [7, 11) is 0. The normalized spacial score (nSPS) is 11.8. The number of nitrogens with two attached hydrogens (primary N) is 1. The van der Waals surface area contributed by atoms with Gasteiger partial charge in [-0.1, -0.05) is 25.9 Å². The number of halogens is 1. The van der Waals surface area contributed by atoms with Gasteiger partial charge in [0.2, 0.25) is 0 Å². The van der Waals surface area contributed by atoms with Crippen molar-refractivity contribution in [1.82, 2.24) is 10.1 Å². The van der Waals surface area contributed by atoms with Crippen LogP contribution in [0.5, 0.6) is 0 Å². The Morgan fingerprint density at radius 1 is 1.29 bits per heavy atom. The predicted molar refractivity (Wildman–Crippen MR) is 62.8 cm³/mol. The molecule has 0 bridgehead atoms. The highest BCUT2D eigenvalue weighted by molar-refractivity contribution is 5.70. The quantitative estimate of drug-likeness (QED) is 0.772. The summed E-state index contributed by atoms with van der Waals surface area (Å²) in [4.78, 5) is 4.26. The Hall–Kier alpha value is -1.91. The van der Waals surface area contributed by atoms with Crippen LogP contribution >= 0.6 is 0 Å². The molecule has 0 aliphatic rings. The van der Waals surface area contributed by atoms with E-state index in [0.717, 1.165) is 0 Å². The molecule has 0 fully saturated rings. The number of hydrogen-bond donors (Lipinski definition) is 1. The molecule has 2 aromatic rings. The summed E-state index contributed by atoms with van der Waals surface area (Å²) in [6, 6.07) is 4.08. The third-order valence-corrected chi connectivity index (χ3v) is 2.34. The van der Waals surface area contributed by atoms with Crippen LogP contribution in [0, 0.1) is 5.82 Å². The second kappa shape index (κ2) is 3.84. The van der Waals surface area contributed by atoms with Crippen LogP contribution in [0.25, 0.3) is 11.5 Å². The molecular formula is C12H14FN3O. The molecule has 4 nitrogen and oxygen atoms in total. The van der Waals surface area contributed by atoms with Crippen LogP contribution in [0.3, 0.4) is 0 Å². The van der Waals surface area contributed by atoms with Gasteiger partial charge in [-0.25, -0.2) is 4.39 Å². The molecular weight excluding hydrogens is 221 g/mol. The van der Waals surface area contributed by atoms with Crippen LogP contribution in [0.2, 0.25) is 0 Å². The Kier molecular flexibility index (Phi) is 2.61. The standard InChI is InChI=1S/C12H14FN3O/c1-12(2,3)11-15-10(17-16-11)8-5-4-7(13)6-9(8)14/h4-6H,14H2,1-3H3. The zero-order valence-corrected chi connectivity index (χ0v) is 9.99.